The molecule has 4 heteroatoms. The highest BCUT2D eigenvalue weighted by Gasteiger charge is 2.29. The van der Waals surface area contributed by atoms with Gasteiger partial charge in [-0.2, -0.15) is 0 Å². The molecule has 100 valence electrons. The normalized spacial score (nSPS) is 20.3. The number of benzene rings is 1. The Bertz CT molecular complexity index is 399. The predicted molar refractivity (Wildman–Crippen MR) is 73.2 cm³/mol. The van der Waals surface area contributed by atoms with Crippen LogP contribution in [0.2, 0.25) is 0 Å². The van der Waals surface area contributed by atoms with E-state index < -0.39 is 7.60 Å². The van der Waals surface area contributed by atoms with Crippen LogP contribution in [0.3, 0.4) is 0 Å². The summed E-state index contributed by atoms with van der Waals surface area (Å²) in [6.45, 7) is 1.85. The van der Waals surface area contributed by atoms with Gasteiger partial charge in [-0.25, -0.2) is 4.57 Å². The van der Waals surface area contributed by atoms with Crippen LogP contribution in [-0.2, 0) is 9.09 Å². The molecule has 1 aliphatic carbocycles. The Morgan fingerprint density at radius 1 is 1.17 bits per heavy atom. The molecule has 1 saturated carbocycles. The minimum atomic E-state index is -2.99. The molecule has 2 rings (SSSR count). The molecule has 0 heterocycles. The van der Waals surface area contributed by atoms with Crippen molar-refractivity contribution in [2.24, 2.45) is 0 Å². The first kappa shape index (κ1) is 13.6. The molecule has 1 fully saturated rings. The zero-order valence-electron chi connectivity index (χ0n) is 10.9. The largest absolute Gasteiger partial charge is 0.424 e. The molecule has 0 bridgehead atoms. The lowest BCUT2D eigenvalue weighted by atomic mass is 9.98. The average Bonchev–Trinajstić information content (AvgIpc) is 2.41. The van der Waals surface area contributed by atoms with Gasteiger partial charge in [0, 0.05) is 0 Å². The number of rotatable bonds is 5. The van der Waals surface area contributed by atoms with E-state index in [1.54, 1.807) is 0 Å². The van der Waals surface area contributed by atoms with Gasteiger partial charge in [-0.1, -0.05) is 44.4 Å². The lowest BCUT2D eigenvalue weighted by molar-refractivity contribution is 0.138. The molecular weight excluding hydrogens is 247 g/mol. The average molecular weight is 268 g/mol. The molecule has 1 aromatic carbocycles. The fraction of sp³-hybridized carbons (Fsp3) is 0.571. The van der Waals surface area contributed by atoms with E-state index in [1.807, 2.05) is 37.3 Å². The summed E-state index contributed by atoms with van der Waals surface area (Å²) in [6.07, 6.45) is 6.12. The van der Waals surface area contributed by atoms with Crippen molar-refractivity contribution < 1.29 is 13.6 Å². The lowest BCUT2D eigenvalue weighted by Crippen LogP contribution is -2.17. The zero-order chi connectivity index (χ0) is 12.8. The lowest BCUT2D eigenvalue weighted by Gasteiger charge is -2.26. The summed E-state index contributed by atoms with van der Waals surface area (Å²) < 4.78 is 23.9. The van der Waals surface area contributed by atoms with Crippen LogP contribution in [0.15, 0.2) is 30.3 Å². The van der Waals surface area contributed by atoms with Gasteiger partial charge in [0.25, 0.3) is 0 Å². The molecule has 1 unspecified atom stereocenters. The van der Waals surface area contributed by atoms with Crippen LogP contribution in [0.4, 0.5) is 0 Å². The van der Waals surface area contributed by atoms with Crippen LogP contribution in [0.5, 0.6) is 5.75 Å². The smallest absolute Gasteiger partial charge is 0.379 e. The highest BCUT2D eigenvalue weighted by atomic mass is 31.2. The molecule has 1 aliphatic rings. The third kappa shape index (κ3) is 3.86. The molecule has 3 nitrogen and oxygen atoms in total. The minimum Gasteiger partial charge on any atom is -0.424 e. The van der Waals surface area contributed by atoms with E-state index in [9.17, 15) is 4.57 Å². The van der Waals surface area contributed by atoms with Gasteiger partial charge >= 0.3 is 7.60 Å². The molecule has 1 aromatic rings. The van der Waals surface area contributed by atoms with Crippen LogP contribution in [0.1, 0.15) is 39.0 Å². The van der Waals surface area contributed by atoms with Gasteiger partial charge in [0.15, 0.2) is 0 Å². The summed E-state index contributed by atoms with van der Waals surface area (Å²) in [5, 5.41) is 0. The maximum atomic E-state index is 12.6. The summed E-state index contributed by atoms with van der Waals surface area (Å²) in [7, 11) is -2.99. The molecule has 0 N–H and O–H groups in total. The SMILES string of the molecule is CCP(=O)(Oc1ccccc1)OC1CCCCC1. The van der Waals surface area contributed by atoms with E-state index in [-0.39, 0.29) is 6.10 Å². The monoisotopic (exact) mass is 268 g/mol. The second-order valence-electron chi connectivity index (χ2n) is 4.70. The van der Waals surface area contributed by atoms with Gasteiger partial charge in [0.1, 0.15) is 5.75 Å². The molecular formula is C14H21O3P. The molecule has 0 aliphatic heterocycles. The second kappa shape index (κ2) is 6.40. The Hall–Kier alpha value is -0.790. The minimum absolute atomic E-state index is 0.105. The van der Waals surface area contributed by atoms with Gasteiger partial charge in [-0.3, -0.25) is 4.52 Å². The van der Waals surface area contributed by atoms with Gasteiger partial charge in [-0.15, -0.1) is 0 Å². The topological polar surface area (TPSA) is 35.5 Å². The summed E-state index contributed by atoms with van der Waals surface area (Å²) in [5.41, 5.74) is 0. The number of para-hydroxylation sites is 1. The van der Waals surface area contributed by atoms with Crippen LogP contribution in [-0.4, -0.2) is 12.3 Å². The Kier molecular flexibility index (Phi) is 4.85. The Morgan fingerprint density at radius 3 is 2.44 bits per heavy atom. The van der Waals surface area contributed by atoms with Gasteiger partial charge in [-0.05, 0) is 25.0 Å². The van der Waals surface area contributed by atoms with E-state index in [0.717, 1.165) is 12.8 Å². The summed E-state index contributed by atoms with van der Waals surface area (Å²) in [5.74, 6) is 0.624. The van der Waals surface area contributed by atoms with Crippen molar-refractivity contribution in [1.29, 1.82) is 0 Å². The molecule has 0 radical (unpaired) electrons. The quantitative estimate of drug-likeness (QED) is 0.730. The first-order valence-electron chi connectivity index (χ1n) is 6.74. The van der Waals surface area contributed by atoms with E-state index in [1.165, 1.54) is 19.3 Å². The maximum Gasteiger partial charge on any atom is 0.379 e. The summed E-state index contributed by atoms with van der Waals surface area (Å²) >= 11 is 0. The van der Waals surface area contributed by atoms with Gasteiger partial charge < -0.3 is 4.52 Å². The molecule has 0 amide bonds. The van der Waals surface area contributed by atoms with Gasteiger partial charge in [0.2, 0.25) is 0 Å². The molecule has 0 spiro atoms. The first-order valence-corrected chi connectivity index (χ1v) is 8.47. The molecule has 0 aromatic heterocycles. The zero-order valence-corrected chi connectivity index (χ0v) is 11.8. The summed E-state index contributed by atoms with van der Waals surface area (Å²) in [6, 6.07) is 9.27. The van der Waals surface area contributed by atoms with Crippen LogP contribution in [0, 0.1) is 0 Å². The van der Waals surface area contributed by atoms with E-state index in [0.29, 0.717) is 11.9 Å². The Morgan fingerprint density at radius 2 is 1.83 bits per heavy atom. The highest BCUT2D eigenvalue weighted by Crippen LogP contribution is 2.50. The standard InChI is InChI=1S/C14H21O3P/c1-2-18(15,16-13-9-5-3-6-10-13)17-14-11-7-4-8-12-14/h3,5-6,9-10,14H,2,4,7-8,11-12H2,1H3. The Balaban J connectivity index is 1.98. The maximum absolute atomic E-state index is 12.6. The van der Waals surface area contributed by atoms with Crippen molar-refractivity contribution in [1.82, 2.24) is 0 Å². The van der Waals surface area contributed by atoms with Crippen molar-refractivity contribution in [3.8, 4) is 5.75 Å². The number of hydrogen-bond donors (Lipinski definition) is 0. The van der Waals surface area contributed by atoms with Crippen molar-refractivity contribution in [3.05, 3.63) is 30.3 Å². The molecule has 0 saturated heterocycles. The third-order valence-corrected chi connectivity index (χ3v) is 5.12. The second-order valence-corrected chi connectivity index (χ2v) is 6.94. The third-order valence-electron chi connectivity index (χ3n) is 3.24. The van der Waals surface area contributed by atoms with Crippen LogP contribution in [0.25, 0.3) is 0 Å². The van der Waals surface area contributed by atoms with Crippen molar-refractivity contribution in [2.45, 2.75) is 45.1 Å². The summed E-state index contributed by atoms with van der Waals surface area (Å²) in [4.78, 5) is 0. The van der Waals surface area contributed by atoms with Crippen molar-refractivity contribution >= 4 is 7.60 Å². The predicted octanol–water partition coefficient (Wildman–Crippen LogP) is 4.63. The van der Waals surface area contributed by atoms with Crippen LogP contribution < -0.4 is 4.52 Å². The van der Waals surface area contributed by atoms with E-state index >= 15 is 0 Å². The highest BCUT2D eigenvalue weighted by molar-refractivity contribution is 7.54. The Labute approximate surface area is 109 Å². The molecule has 1 atom stereocenters. The molecule has 18 heavy (non-hydrogen) atoms. The van der Waals surface area contributed by atoms with Crippen molar-refractivity contribution in [2.75, 3.05) is 6.16 Å². The number of hydrogen-bond acceptors (Lipinski definition) is 3. The fourth-order valence-electron chi connectivity index (χ4n) is 2.20. The first-order chi connectivity index (χ1) is 8.72. The van der Waals surface area contributed by atoms with Crippen molar-refractivity contribution in [3.63, 3.8) is 0 Å². The fourth-order valence-corrected chi connectivity index (χ4v) is 3.63. The van der Waals surface area contributed by atoms with E-state index in [4.69, 9.17) is 9.05 Å². The van der Waals surface area contributed by atoms with E-state index in [2.05, 4.69) is 0 Å². The van der Waals surface area contributed by atoms with Gasteiger partial charge in [0.05, 0.1) is 12.3 Å². The van der Waals surface area contributed by atoms with Crippen LogP contribution >= 0.6 is 7.60 Å².